The van der Waals surface area contributed by atoms with E-state index in [2.05, 4.69) is 37.0 Å². The van der Waals surface area contributed by atoms with E-state index in [0.29, 0.717) is 4.47 Å². The minimum Gasteiger partial charge on any atom is -0.266 e. The van der Waals surface area contributed by atoms with Crippen molar-refractivity contribution in [1.82, 2.24) is 9.78 Å². The summed E-state index contributed by atoms with van der Waals surface area (Å²) in [7, 11) is 0. The lowest BCUT2D eigenvalue weighted by molar-refractivity contribution is 0.507. The van der Waals surface area contributed by atoms with Crippen molar-refractivity contribution < 1.29 is 8.78 Å². The van der Waals surface area contributed by atoms with Crippen LogP contribution in [0.2, 0.25) is 0 Å². The molecular weight excluding hydrogens is 362 g/mol. The molecule has 0 atom stereocenters. The van der Waals surface area contributed by atoms with Crippen LogP contribution in [-0.4, -0.2) is 9.78 Å². The van der Waals surface area contributed by atoms with Crippen LogP contribution in [0, 0.1) is 11.6 Å². The minimum atomic E-state index is -1.03. The molecule has 0 aliphatic heterocycles. The molecule has 0 unspecified atom stereocenters. The quantitative estimate of drug-likeness (QED) is 0.778. The molecule has 1 aromatic carbocycles. The molecule has 0 spiro atoms. The molecule has 1 aromatic heterocycles. The summed E-state index contributed by atoms with van der Waals surface area (Å²) in [5.74, 6) is -2.01. The molecule has 0 aliphatic carbocycles. The van der Waals surface area contributed by atoms with Crippen molar-refractivity contribution >= 4 is 31.9 Å². The second kappa shape index (κ2) is 4.66. The van der Waals surface area contributed by atoms with Crippen LogP contribution in [-0.2, 0) is 0 Å². The molecule has 0 aliphatic rings. The van der Waals surface area contributed by atoms with Gasteiger partial charge in [-0.3, -0.25) is 4.79 Å². The Morgan fingerprint density at radius 2 is 1.88 bits per heavy atom. The number of hydrogen-bond acceptors (Lipinski definition) is 2. The lowest BCUT2D eigenvalue weighted by Crippen LogP contribution is -2.21. The molecule has 2 rings (SSSR count). The van der Waals surface area contributed by atoms with Crippen molar-refractivity contribution in [3.63, 3.8) is 0 Å². The van der Waals surface area contributed by atoms with Gasteiger partial charge in [-0.25, -0.2) is 8.78 Å². The van der Waals surface area contributed by atoms with E-state index in [9.17, 15) is 13.6 Å². The van der Waals surface area contributed by atoms with Gasteiger partial charge in [0, 0.05) is 6.07 Å². The van der Waals surface area contributed by atoms with Crippen molar-refractivity contribution in [2.75, 3.05) is 0 Å². The van der Waals surface area contributed by atoms with Gasteiger partial charge in [0.2, 0.25) is 0 Å². The summed E-state index contributed by atoms with van der Waals surface area (Å²) >= 11 is 6.19. The highest BCUT2D eigenvalue weighted by atomic mass is 79.9. The lowest BCUT2D eigenvalue weighted by Gasteiger charge is -2.05. The number of aromatic nitrogens is 2. The zero-order chi connectivity index (χ0) is 12.6. The molecule has 0 N–H and O–H groups in total. The molecule has 0 saturated carbocycles. The molecule has 0 amide bonds. The van der Waals surface area contributed by atoms with Crippen LogP contribution in [0.1, 0.15) is 0 Å². The van der Waals surface area contributed by atoms with Gasteiger partial charge in [-0.2, -0.15) is 9.78 Å². The van der Waals surface area contributed by atoms with Crippen LogP contribution in [0.5, 0.6) is 0 Å². The summed E-state index contributed by atoms with van der Waals surface area (Å²) in [4.78, 5) is 11.8. The number of hydrogen-bond donors (Lipinski definition) is 0. The fraction of sp³-hybridized carbons (Fsp3) is 0. The van der Waals surface area contributed by atoms with Crippen molar-refractivity contribution in [2.45, 2.75) is 0 Å². The predicted octanol–water partition coefficient (Wildman–Crippen LogP) is 3.04. The van der Waals surface area contributed by atoms with E-state index < -0.39 is 17.2 Å². The Balaban J connectivity index is 2.65. The van der Waals surface area contributed by atoms with Gasteiger partial charge in [0.1, 0.15) is 4.47 Å². The molecule has 0 fully saturated rings. The Morgan fingerprint density at radius 3 is 2.53 bits per heavy atom. The molecule has 2 aromatic rings. The summed E-state index contributed by atoms with van der Waals surface area (Å²) < 4.78 is 27.5. The average Bonchev–Trinajstić information content (AvgIpc) is 2.30. The molecule has 88 valence electrons. The maximum Gasteiger partial charge on any atom is 0.286 e. The van der Waals surface area contributed by atoms with Gasteiger partial charge in [0.05, 0.1) is 16.4 Å². The zero-order valence-corrected chi connectivity index (χ0v) is 11.3. The average molecular weight is 366 g/mol. The summed E-state index contributed by atoms with van der Waals surface area (Å²) in [5, 5.41) is 3.82. The Labute approximate surface area is 111 Å². The molecule has 0 saturated heterocycles. The second-order valence-corrected chi connectivity index (χ2v) is 4.77. The van der Waals surface area contributed by atoms with Crippen molar-refractivity contribution in [3.8, 4) is 5.69 Å². The summed E-state index contributed by atoms with van der Waals surface area (Å²) in [6.45, 7) is 0. The van der Waals surface area contributed by atoms with Crippen molar-refractivity contribution in [3.05, 3.63) is 55.3 Å². The zero-order valence-electron chi connectivity index (χ0n) is 8.12. The standard InChI is InChI=1S/C10H4Br2F2N2O/c11-6-4-15-16(10(17)9(6)12)5-1-2-7(13)8(14)3-5/h1-4H. The largest absolute Gasteiger partial charge is 0.286 e. The third-order valence-corrected chi connectivity index (χ3v) is 3.92. The Bertz CT molecular complexity index is 643. The Kier molecular flexibility index (Phi) is 3.39. The molecule has 0 bridgehead atoms. The van der Waals surface area contributed by atoms with Crippen LogP contribution < -0.4 is 5.56 Å². The highest BCUT2D eigenvalue weighted by Crippen LogP contribution is 2.18. The van der Waals surface area contributed by atoms with Crippen LogP contribution in [0.4, 0.5) is 8.78 Å². The molecule has 1 heterocycles. The number of halogens is 4. The summed E-state index contributed by atoms with van der Waals surface area (Å²) in [5.41, 5.74) is -0.313. The normalized spacial score (nSPS) is 10.6. The highest BCUT2D eigenvalue weighted by Gasteiger charge is 2.10. The SMILES string of the molecule is O=c1c(Br)c(Br)cnn1-c1ccc(F)c(F)c1. The van der Waals surface area contributed by atoms with E-state index >= 15 is 0 Å². The first-order chi connectivity index (χ1) is 8.00. The molecular formula is C10H4Br2F2N2O. The summed E-state index contributed by atoms with van der Waals surface area (Å²) in [6.07, 6.45) is 1.38. The van der Waals surface area contributed by atoms with Crippen molar-refractivity contribution in [1.29, 1.82) is 0 Å². The monoisotopic (exact) mass is 364 g/mol. The van der Waals surface area contributed by atoms with Crippen LogP contribution in [0.15, 0.2) is 38.1 Å². The van der Waals surface area contributed by atoms with Crippen LogP contribution >= 0.6 is 31.9 Å². The van der Waals surface area contributed by atoms with Crippen molar-refractivity contribution in [2.24, 2.45) is 0 Å². The van der Waals surface area contributed by atoms with Gasteiger partial charge in [-0.15, -0.1) is 0 Å². The minimum absolute atomic E-state index is 0.155. The first-order valence-corrected chi connectivity index (χ1v) is 5.98. The van der Waals surface area contributed by atoms with E-state index in [1.165, 1.54) is 12.3 Å². The van der Waals surface area contributed by atoms with Crippen LogP contribution in [0.3, 0.4) is 0 Å². The summed E-state index contributed by atoms with van der Waals surface area (Å²) in [6, 6.07) is 3.12. The smallest absolute Gasteiger partial charge is 0.266 e. The van der Waals surface area contributed by atoms with Gasteiger partial charge < -0.3 is 0 Å². The van der Waals surface area contributed by atoms with E-state index in [4.69, 9.17) is 0 Å². The fourth-order valence-electron chi connectivity index (χ4n) is 1.21. The maximum absolute atomic E-state index is 13.0. The number of nitrogens with zero attached hydrogens (tertiary/aromatic N) is 2. The molecule has 17 heavy (non-hydrogen) atoms. The van der Waals surface area contributed by atoms with Crippen LogP contribution in [0.25, 0.3) is 5.69 Å². The third kappa shape index (κ3) is 2.30. The second-order valence-electron chi connectivity index (χ2n) is 3.12. The lowest BCUT2D eigenvalue weighted by atomic mass is 10.3. The fourth-order valence-corrected chi connectivity index (χ4v) is 1.74. The first-order valence-electron chi connectivity index (χ1n) is 4.39. The highest BCUT2D eigenvalue weighted by molar-refractivity contribution is 9.13. The number of benzene rings is 1. The van der Waals surface area contributed by atoms with Gasteiger partial charge in [0.25, 0.3) is 5.56 Å². The third-order valence-electron chi connectivity index (χ3n) is 2.02. The maximum atomic E-state index is 13.0. The Hall–Kier alpha value is -1.08. The van der Waals surface area contributed by atoms with E-state index in [1.54, 1.807) is 0 Å². The number of rotatable bonds is 1. The van der Waals surface area contributed by atoms with Gasteiger partial charge >= 0.3 is 0 Å². The first kappa shape index (κ1) is 12.4. The van der Waals surface area contributed by atoms with E-state index in [1.807, 2.05) is 0 Å². The molecule has 3 nitrogen and oxygen atoms in total. The molecule has 0 radical (unpaired) electrons. The van der Waals surface area contributed by atoms with Gasteiger partial charge in [0.15, 0.2) is 11.6 Å². The Morgan fingerprint density at radius 1 is 1.18 bits per heavy atom. The molecule has 7 heteroatoms. The predicted molar refractivity (Wildman–Crippen MR) is 65.1 cm³/mol. The van der Waals surface area contributed by atoms with Gasteiger partial charge in [-0.05, 0) is 44.0 Å². The van der Waals surface area contributed by atoms with Gasteiger partial charge in [-0.1, -0.05) is 0 Å². The van der Waals surface area contributed by atoms with E-state index in [0.717, 1.165) is 16.8 Å². The van der Waals surface area contributed by atoms with E-state index in [-0.39, 0.29) is 10.2 Å². The topological polar surface area (TPSA) is 34.9 Å².